The van der Waals surface area contributed by atoms with Crippen molar-refractivity contribution in [2.45, 2.75) is 19.4 Å². The van der Waals surface area contributed by atoms with Crippen LogP contribution in [0.5, 0.6) is 5.75 Å². The largest absolute Gasteiger partial charge is 0.491 e. The van der Waals surface area contributed by atoms with Crippen LogP contribution in [0.15, 0.2) is 67.0 Å². The Hall–Kier alpha value is -3.28. The first-order chi connectivity index (χ1) is 13.3. The minimum absolute atomic E-state index is 0.237. The highest BCUT2D eigenvalue weighted by atomic mass is 19.1. The summed E-state index contributed by atoms with van der Waals surface area (Å²) < 4.78 is 20.6. The standard InChI is InChI=1S/C21H19FN4O/c22-18-10-8-16(9-11-18)14-26-15-19(24-25-26)6-3-13-27-20-7-1-4-17-5-2-12-23-21(17)20/h1-2,4-5,7-12,15H,3,6,13-14H2. The first-order valence-electron chi connectivity index (χ1n) is 8.88. The van der Waals surface area contributed by atoms with E-state index < -0.39 is 0 Å². The van der Waals surface area contributed by atoms with Crippen LogP contribution in [0.4, 0.5) is 4.39 Å². The molecule has 0 aliphatic carbocycles. The molecular formula is C21H19FN4O. The Bertz CT molecular complexity index is 1020. The third kappa shape index (κ3) is 4.28. The molecule has 2 aromatic carbocycles. The van der Waals surface area contributed by atoms with E-state index in [1.165, 1.54) is 12.1 Å². The Morgan fingerprint density at radius 3 is 2.74 bits per heavy atom. The van der Waals surface area contributed by atoms with E-state index in [4.69, 9.17) is 4.74 Å². The Balaban J connectivity index is 1.29. The number of fused-ring (bicyclic) bond motifs is 1. The summed E-state index contributed by atoms with van der Waals surface area (Å²) in [6, 6.07) is 16.3. The number of ether oxygens (including phenoxy) is 1. The molecule has 136 valence electrons. The van der Waals surface area contributed by atoms with Gasteiger partial charge in [0, 0.05) is 17.8 Å². The van der Waals surface area contributed by atoms with E-state index in [-0.39, 0.29) is 5.82 Å². The number of nitrogens with zero attached hydrogens (tertiary/aromatic N) is 4. The molecule has 4 rings (SSSR count). The van der Waals surface area contributed by atoms with Crippen molar-refractivity contribution in [1.82, 2.24) is 20.0 Å². The van der Waals surface area contributed by atoms with Crippen LogP contribution in [-0.2, 0) is 13.0 Å². The third-order valence-electron chi connectivity index (χ3n) is 4.27. The molecule has 0 bridgehead atoms. The predicted octanol–water partition coefficient (Wildman–Crippen LogP) is 4.03. The summed E-state index contributed by atoms with van der Waals surface area (Å²) in [4.78, 5) is 4.39. The molecule has 0 saturated heterocycles. The molecule has 0 aliphatic rings. The monoisotopic (exact) mass is 362 g/mol. The van der Waals surface area contributed by atoms with E-state index in [1.54, 1.807) is 23.0 Å². The number of aryl methyl sites for hydroxylation is 1. The van der Waals surface area contributed by atoms with Gasteiger partial charge >= 0.3 is 0 Å². The van der Waals surface area contributed by atoms with Gasteiger partial charge in [0.05, 0.1) is 18.8 Å². The molecule has 0 saturated carbocycles. The van der Waals surface area contributed by atoms with E-state index in [0.717, 1.165) is 40.8 Å². The lowest BCUT2D eigenvalue weighted by Crippen LogP contribution is -2.01. The Morgan fingerprint density at radius 2 is 1.85 bits per heavy atom. The number of hydrogen-bond donors (Lipinski definition) is 0. The highest BCUT2D eigenvalue weighted by molar-refractivity contribution is 5.84. The van der Waals surface area contributed by atoms with Crippen LogP contribution in [0.3, 0.4) is 0 Å². The highest BCUT2D eigenvalue weighted by Gasteiger charge is 2.05. The SMILES string of the molecule is Fc1ccc(Cn2cc(CCCOc3cccc4cccnc34)nn2)cc1. The molecule has 4 aromatic rings. The van der Waals surface area contributed by atoms with Crippen molar-refractivity contribution in [1.29, 1.82) is 0 Å². The Morgan fingerprint density at radius 1 is 1.00 bits per heavy atom. The molecule has 0 amide bonds. The van der Waals surface area contributed by atoms with E-state index in [1.807, 2.05) is 36.5 Å². The van der Waals surface area contributed by atoms with Gasteiger partial charge in [0.15, 0.2) is 0 Å². The van der Waals surface area contributed by atoms with Crippen LogP contribution in [0.2, 0.25) is 0 Å². The summed E-state index contributed by atoms with van der Waals surface area (Å²) in [5, 5.41) is 9.40. The topological polar surface area (TPSA) is 52.8 Å². The van der Waals surface area contributed by atoms with E-state index in [0.29, 0.717) is 13.2 Å². The van der Waals surface area contributed by atoms with Gasteiger partial charge in [-0.2, -0.15) is 0 Å². The van der Waals surface area contributed by atoms with Gasteiger partial charge in [0.2, 0.25) is 0 Å². The maximum absolute atomic E-state index is 13.0. The number of pyridine rings is 1. The van der Waals surface area contributed by atoms with Gasteiger partial charge in [-0.15, -0.1) is 5.10 Å². The van der Waals surface area contributed by atoms with Crippen molar-refractivity contribution < 1.29 is 9.13 Å². The molecule has 0 radical (unpaired) electrons. The maximum atomic E-state index is 13.0. The van der Waals surface area contributed by atoms with Gasteiger partial charge in [-0.1, -0.05) is 35.5 Å². The summed E-state index contributed by atoms with van der Waals surface area (Å²) >= 11 is 0. The van der Waals surface area contributed by atoms with Crippen LogP contribution in [0.1, 0.15) is 17.7 Å². The summed E-state index contributed by atoms with van der Waals surface area (Å²) in [6.07, 6.45) is 5.30. The number of para-hydroxylation sites is 1. The quantitative estimate of drug-likeness (QED) is 0.466. The van der Waals surface area contributed by atoms with E-state index in [2.05, 4.69) is 15.3 Å². The van der Waals surface area contributed by atoms with Crippen molar-refractivity contribution >= 4 is 10.9 Å². The zero-order valence-corrected chi connectivity index (χ0v) is 14.8. The van der Waals surface area contributed by atoms with Crippen molar-refractivity contribution in [2.75, 3.05) is 6.61 Å². The summed E-state index contributed by atoms with van der Waals surface area (Å²) in [6.45, 7) is 1.16. The molecule has 0 unspecified atom stereocenters. The number of benzene rings is 2. The van der Waals surface area contributed by atoms with Gasteiger partial charge in [-0.25, -0.2) is 9.07 Å². The molecular weight excluding hydrogens is 343 g/mol. The van der Waals surface area contributed by atoms with Crippen molar-refractivity contribution in [2.24, 2.45) is 0 Å². The lowest BCUT2D eigenvalue weighted by molar-refractivity contribution is 0.313. The molecule has 2 heterocycles. The number of aromatic nitrogens is 4. The van der Waals surface area contributed by atoms with E-state index in [9.17, 15) is 4.39 Å². The first kappa shape index (κ1) is 17.1. The van der Waals surface area contributed by atoms with Crippen LogP contribution in [0, 0.1) is 5.82 Å². The number of hydrogen-bond acceptors (Lipinski definition) is 4. The average molecular weight is 362 g/mol. The van der Waals surface area contributed by atoms with Gasteiger partial charge in [0.1, 0.15) is 17.1 Å². The molecule has 5 nitrogen and oxygen atoms in total. The molecule has 6 heteroatoms. The zero-order chi connectivity index (χ0) is 18.5. The van der Waals surface area contributed by atoms with Crippen LogP contribution >= 0.6 is 0 Å². The average Bonchev–Trinajstić information content (AvgIpc) is 3.14. The smallest absolute Gasteiger partial charge is 0.145 e. The first-order valence-corrected chi connectivity index (χ1v) is 8.88. The minimum Gasteiger partial charge on any atom is -0.491 e. The van der Waals surface area contributed by atoms with Gasteiger partial charge in [-0.3, -0.25) is 4.98 Å². The Kier molecular flexibility index (Phi) is 5.05. The summed E-state index contributed by atoms with van der Waals surface area (Å²) in [7, 11) is 0. The molecule has 0 spiro atoms. The number of halogens is 1. The minimum atomic E-state index is -0.237. The third-order valence-corrected chi connectivity index (χ3v) is 4.27. The Labute approximate surface area is 156 Å². The lowest BCUT2D eigenvalue weighted by Gasteiger charge is -2.07. The van der Waals surface area contributed by atoms with Crippen molar-refractivity contribution in [3.63, 3.8) is 0 Å². The van der Waals surface area contributed by atoms with Crippen LogP contribution in [-0.4, -0.2) is 26.6 Å². The highest BCUT2D eigenvalue weighted by Crippen LogP contribution is 2.23. The fourth-order valence-electron chi connectivity index (χ4n) is 2.94. The molecule has 0 fully saturated rings. The van der Waals surface area contributed by atoms with Gasteiger partial charge in [0.25, 0.3) is 0 Å². The fourth-order valence-corrected chi connectivity index (χ4v) is 2.94. The molecule has 2 aromatic heterocycles. The van der Waals surface area contributed by atoms with Crippen molar-refractivity contribution in [3.8, 4) is 5.75 Å². The van der Waals surface area contributed by atoms with Gasteiger partial charge in [-0.05, 0) is 42.7 Å². The molecule has 0 aliphatic heterocycles. The summed E-state index contributed by atoms with van der Waals surface area (Å²) in [5.41, 5.74) is 2.78. The second kappa shape index (κ2) is 7.95. The zero-order valence-electron chi connectivity index (χ0n) is 14.8. The van der Waals surface area contributed by atoms with Gasteiger partial charge < -0.3 is 4.74 Å². The van der Waals surface area contributed by atoms with Crippen molar-refractivity contribution in [3.05, 3.63) is 84.1 Å². The summed E-state index contributed by atoms with van der Waals surface area (Å²) in [5.74, 6) is 0.562. The predicted molar refractivity (Wildman–Crippen MR) is 101 cm³/mol. The lowest BCUT2D eigenvalue weighted by atomic mass is 10.2. The molecule has 0 N–H and O–H groups in total. The second-order valence-electron chi connectivity index (χ2n) is 6.32. The second-order valence-corrected chi connectivity index (χ2v) is 6.32. The fraction of sp³-hybridized carbons (Fsp3) is 0.190. The molecule has 27 heavy (non-hydrogen) atoms. The maximum Gasteiger partial charge on any atom is 0.145 e. The normalized spacial score (nSPS) is 11.0. The van der Waals surface area contributed by atoms with Crippen LogP contribution in [0.25, 0.3) is 10.9 Å². The van der Waals surface area contributed by atoms with Crippen LogP contribution < -0.4 is 4.74 Å². The number of rotatable bonds is 7. The molecule has 0 atom stereocenters. The van der Waals surface area contributed by atoms with E-state index >= 15 is 0 Å².